The third-order valence-electron chi connectivity index (χ3n) is 2.50. The Morgan fingerprint density at radius 3 is 2.55 bits per heavy atom. The summed E-state index contributed by atoms with van der Waals surface area (Å²) in [6.07, 6.45) is 0. The van der Waals surface area contributed by atoms with Crippen LogP contribution in [0.1, 0.15) is 20.8 Å². The van der Waals surface area contributed by atoms with Gasteiger partial charge in [-0.25, -0.2) is 4.79 Å². The van der Waals surface area contributed by atoms with Crippen molar-refractivity contribution >= 4 is 17.6 Å². The molecule has 4 N–H and O–H groups in total. The fourth-order valence-electron chi connectivity index (χ4n) is 1.56. The average molecular weight is 274 g/mol. The topological polar surface area (TPSA) is 119 Å². The van der Waals surface area contributed by atoms with Crippen LogP contribution in [0.3, 0.4) is 0 Å². The van der Waals surface area contributed by atoms with Crippen LogP contribution in [0.25, 0.3) is 0 Å². The summed E-state index contributed by atoms with van der Waals surface area (Å²) in [5.74, 6) is -2.31. The number of carbonyl (C=O) groups is 2. The molecule has 0 fully saturated rings. The molecule has 0 radical (unpaired) electrons. The summed E-state index contributed by atoms with van der Waals surface area (Å²) in [6.45, 7) is 0. The highest BCUT2D eigenvalue weighted by molar-refractivity contribution is 6.03. The van der Waals surface area contributed by atoms with Crippen molar-refractivity contribution < 1.29 is 19.8 Å². The smallest absolute Gasteiger partial charge is 0.339 e. The fourth-order valence-corrected chi connectivity index (χ4v) is 1.56. The highest BCUT2D eigenvalue weighted by Gasteiger charge is 2.12. The Kier molecular flexibility index (Phi) is 3.52. The summed E-state index contributed by atoms with van der Waals surface area (Å²) >= 11 is 0. The maximum Gasteiger partial charge on any atom is 0.339 e. The molecule has 2 aromatic rings. The van der Waals surface area contributed by atoms with Crippen LogP contribution in [0.15, 0.2) is 41.2 Å². The highest BCUT2D eigenvalue weighted by Crippen LogP contribution is 2.21. The molecular weight excluding hydrogens is 264 g/mol. The molecule has 1 aromatic carbocycles. The number of aromatic carboxylic acids is 1. The van der Waals surface area contributed by atoms with Crippen molar-refractivity contribution in [3.8, 4) is 5.75 Å². The second-order valence-electron chi connectivity index (χ2n) is 3.92. The normalized spacial score (nSPS) is 10.0. The number of nitrogens with one attached hydrogen (secondary N) is 2. The molecule has 0 aliphatic carbocycles. The zero-order chi connectivity index (χ0) is 14.7. The molecule has 0 atom stereocenters. The lowest BCUT2D eigenvalue weighted by atomic mass is 10.1. The zero-order valence-electron chi connectivity index (χ0n) is 10.1. The molecule has 0 saturated heterocycles. The predicted octanol–water partition coefficient (Wildman–Crippen LogP) is 1.03. The van der Waals surface area contributed by atoms with Gasteiger partial charge in [-0.1, -0.05) is 6.07 Å². The quantitative estimate of drug-likeness (QED) is 0.623. The largest absolute Gasteiger partial charge is 0.507 e. The molecule has 0 aliphatic heterocycles. The number of aromatic hydroxyl groups is 1. The van der Waals surface area contributed by atoms with E-state index in [2.05, 4.69) is 10.3 Å². The summed E-state index contributed by atoms with van der Waals surface area (Å²) in [7, 11) is 0. The first-order chi connectivity index (χ1) is 9.47. The Labute approximate surface area is 112 Å². The molecule has 7 nitrogen and oxygen atoms in total. The Morgan fingerprint density at radius 2 is 1.90 bits per heavy atom. The van der Waals surface area contributed by atoms with Crippen LogP contribution < -0.4 is 10.9 Å². The summed E-state index contributed by atoms with van der Waals surface area (Å²) in [5.41, 5.74) is -0.517. The van der Waals surface area contributed by atoms with E-state index in [1.807, 2.05) is 0 Å². The number of carbonyl (C=O) groups excluding carboxylic acids is 1. The van der Waals surface area contributed by atoms with Gasteiger partial charge in [0, 0.05) is 11.8 Å². The maximum absolute atomic E-state index is 11.8. The van der Waals surface area contributed by atoms with Gasteiger partial charge in [0.2, 0.25) is 5.56 Å². The Morgan fingerprint density at radius 1 is 1.15 bits per heavy atom. The highest BCUT2D eigenvalue weighted by atomic mass is 16.4. The van der Waals surface area contributed by atoms with E-state index in [4.69, 9.17) is 5.11 Å². The van der Waals surface area contributed by atoms with E-state index in [1.165, 1.54) is 24.3 Å². The minimum atomic E-state index is -1.31. The molecule has 1 heterocycles. The molecule has 102 valence electrons. The number of rotatable bonds is 3. The van der Waals surface area contributed by atoms with Crippen molar-refractivity contribution in [1.82, 2.24) is 4.98 Å². The molecule has 2 rings (SSSR count). The minimum absolute atomic E-state index is 0.0439. The number of carboxylic acids is 1. The number of anilines is 1. The number of hydrogen-bond acceptors (Lipinski definition) is 4. The van der Waals surface area contributed by atoms with Crippen LogP contribution in [0, 0.1) is 0 Å². The number of benzene rings is 1. The summed E-state index contributed by atoms with van der Waals surface area (Å²) in [6, 6.07) is 7.73. The van der Waals surface area contributed by atoms with E-state index in [-0.39, 0.29) is 16.9 Å². The second-order valence-corrected chi connectivity index (χ2v) is 3.92. The van der Waals surface area contributed by atoms with Gasteiger partial charge in [0.25, 0.3) is 5.91 Å². The first-order valence-corrected chi connectivity index (χ1v) is 5.54. The standard InChI is InChI=1S/C13H10N2O5/c16-10-5-4-7(6-8(10)13(19)20)14-12(18)9-2-1-3-11(17)15-9/h1-6,16H,(H,14,18)(H,15,17)(H,19,20). The van der Waals surface area contributed by atoms with Crippen LogP contribution in [0.4, 0.5) is 5.69 Å². The van der Waals surface area contributed by atoms with Crippen LogP contribution in [0.5, 0.6) is 5.75 Å². The number of aromatic nitrogens is 1. The predicted molar refractivity (Wildman–Crippen MR) is 70.1 cm³/mol. The van der Waals surface area contributed by atoms with Crippen molar-refractivity contribution in [3.63, 3.8) is 0 Å². The van der Waals surface area contributed by atoms with Crippen LogP contribution >= 0.6 is 0 Å². The number of amides is 1. The molecule has 1 amide bonds. The molecule has 20 heavy (non-hydrogen) atoms. The number of aromatic amines is 1. The van der Waals surface area contributed by atoms with Crippen LogP contribution in [0.2, 0.25) is 0 Å². The Bertz CT molecular complexity index is 736. The first kappa shape index (κ1) is 13.3. The van der Waals surface area contributed by atoms with Crippen molar-refractivity contribution in [3.05, 3.63) is 58.0 Å². The average Bonchev–Trinajstić information content (AvgIpc) is 2.40. The van der Waals surface area contributed by atoms with Gasteiger partial charge in [0.1, 0.15) is 17.0 Å². The molecule has 7 heteroatoms. The van der Waals surface area contributed by atoms with E-state index in [0.717, 1.165) is 12.1 Å². The van der Waals surface area contributed by atoms with Gasteiger partial charge in [0.15, 0.2) is 0 Å². The van der Waals surface area contributed by atoms with Gasteiger partial charge in [-0.05, 0) is 24.3 Å². The van der Waals surface area contributed by atoms with Gasteiger partial charge in [-0.15, -0.1) is 0 Å². The number of hydrogen-bond donors (Lipinski definition) is 4. The van der Waals surface area contributed by atoms with Crippen molar-refractivity contribution in [2.45, 2.75) is 0 Å². The van der Waals surface area contributed by atoms with E-state index < -0.39 is 23.2 Å². The van der Waals surface area contributed by atoms with Crippen molar-refractivity contribution in [2.24, 2.45) is 0 Å². The molecule has 0 unspecified atom stereocenters. The van der Waals surface area contributed by atoms with Crippen LogP contribution in [-0.4, -0.2) is 27.1 Å². The molecule has 0 aliphatic rings. The lowest BCUT2D eigenvalue weighted by Gasteiger charge is -2.07. The molecule has 1 aromatic heterocycles. The van der Waals surface area contributed by atoms with Crippen molar-refractivity contribution in [1.29, 1.82) is 0 Å². The van der Waals surface area contributed by atoms with Gasteiger partial charge in [-0.2, -0.15) is 0 Å². The van der Waals surface area contributed by atoms with Crippen molar-refractivity contribution in [2.75, 3.05) is 5.32 Å². The van der Waals surface area contributed by atoms with E-state index in [0.29, 0.717) is 0 Å². The third-order valence-corrected chi connectivity index (χ3v) is 2.50. The van der Waals surface area contributed by atoms with Gasteiger partial charge in [-0.3, -0.25) is 9.59 Å². The summed E-state index contributed by atoms with van der Waals surface area (Å²) in [5, 5.41) is 20.6. The van der Waals surface area contributed by atoms with E-state index in [1.54, 1.807) is 0 Å². The van der Waals surface area contributed by atoms with E-state index >= 15 is 0 Å². The number of carboxylic acid groups (broad SMARTS) is 1. The SMILES string of the molecule is O=C(Nc1ccc(O)c(C(=O)O)c1)c1cccc(=O)[nH]1. The Hall–Kier alpha value is -3.09. The van der Waals surface area contributed by atoms with Crippen LogP contribution in [-0.2, 0) is 0 Å². The summed E-state index contributed by atoms with van der Waals surface area (Å²) in [4.78, 5) is 36.1. The molecular formula is C13H10N2O5. The second kappa shape index (κ2) is 5.27. The van der Waals surface area contributed by atoms with Gasteiger partial charge < -0.3 is 20.5 Å². The first-order valence-electron chi connectivity index (χ1n) is 5.54. The minimum Gasteiger partial charge on any atom is -0.507 e. The lowest BCUT2D eigenvalue weighted by Crippen LogP contribution is -2.18. The summed E-state index contributed by atoms with van der Waals surface area (Å²) < 4.78 is 0. The lowest BCUT2D eigenvalue weighted by molar-refractivity contribution is 0.0693. The zero-order valence-corrected chi connectivity index (χ0v) is 10.1. The third kappa shape index (κ3) is 2.83. The molecule has 0 saturated carbocycles. The molecule has 0 bridgehead atoms. The molecule has 0 spiro atoms. The van der Waals surface area contributed by atoms with Gasteiger partial charge >= 0.3 is 5.97 Å². The maximum atomic E-state index is 11.8. The Balaban J connectivity index is 2.26. The van der Waals surface area contributed by atoms with E-state index in [9.17, 15) is 19.5 Å². The fraction of sp³-hybridized carbons (Fsp3) is 0. The van der Waals surface area contributed by atoms with Gasteiger partial charge in [0.05, 0.1) is 0 Å². The number of pyridine rings is 1. The monoisotopic (exact) mass is 274 g/mol. The number of phenols is 1. The number of H-pyrrole nitrogens is 1.